The maximum atomic E-state index is 5.44. The lowest BCUT2D eigenvalue weighted by Gasteiger charge is -2.02. The second-order valence-corrected chi connectivity index (χ2v) is 2.87. The van der Waals surface area contributed by atoms with Gasteiger partial charge >= 0.3 is 0 Å². The van der Waals surface area contributed by atoms with Crippen LogP contribution in [0, 0.1) is 0 Å². The van der Waals surface area contributed by atoms with Crippen molar-refractivity contribution in [2.24, 2.45) is 5.73 Å². The van der Waals surface area contributed by atoms with Gasteiger partial charge < -0.3 is 10.5 Å². The second-order valence-electron chi connectivity index (χ2n) is 2.09. The number of hydrogen-bond acceptors (Lipinski definition) is 5. The third-order valence-electron chi connectivity index (χ3n) is 1.34. The average molecular weight is 185 g/mol. The van der Waals surface area contributed by atoms with Gasteiger partial charge in [0.05, 0.1) is 12.8 Å². The fraction of sp³-hybridized carbons (Fsp3) is 0.429. The number of nitrogens with zero attached hydrogens (tertiary/aromatic N) is 2. The number of methoxy groups -OCH3 is 1. The maximum absolute atomic E-state index is 5.44. The Morgan fingerprint density at radius 2 is 2.33 bits per heavy atom. The van der Waals surface area contributed by atoms with E-state index in [0.717, 1.165) is 5.69 Å². The molecule has 0 aliphatic heterocycles. The lowest BCUT2D eigenvalue weighted by Crippen LogP contribution is -2.02. The minimum absolute atomic E-state index is 0.409. The van der Waals surface area contributed by atoms with Crippen molar-refractivity contribution >= 4 is 11.8 Å². The van der Waals surface area contributed by atoms with Crippen molar-refractivity contribution in [3.05, 3.63) is 11.8 Å². The van der Waals surface area contributed by atoms with Gasteiger partial charge in [0, 0.05) is 12.6 Å². The van der Waals surface area contributed by atoms with Crippen molar-refractivity contribution in [3.8, 4) is 5.88 Å². The molecule has 0 radical (unpaired) electrons. The Kier molecular flexibility index (Phi) is 3.31. The van der Waals surface area contributed by atoms with Crippen LogP contribution in [0.15, 0.2) is 11.2 Å². The second kappa shape index (κ2) is 4.27. The lowest BCUT2D eigenvalue weighted by atomic mass is 10.4. The highest BCUT2D eigenvalue weighted by molar-refractivity contribution is 7.98. The number of ether oxygens (including phenoxy) is 1. The quantitative estimate of drug-likeness (QED) is 0.554. The monoisotopic (exact) mass is 185 g/mol. The third-order valence-corrected chi connectivity index (χ3v) is 1.88. The van der Waals surface area contributed by atoms with E-state index in [2.05, 4.69) is 9.97 Å². The molecule has 4 nitrogen and oxygen atoms in total. The molecule has 0 atom stereocenters. The predicted molar refractivity (Wildman–Crippen MR) is 48.3 cm³/mol. The van der Waals surface area contributed by atoms with Gasteiger partial charge in [-0.1, -0.05) is 11.8 Å². The van der Waals surface area contributed by atoms with Gasteiger partial charge in [0.2, 0.25) is 5.88 Å². The van der Waals surface area contributed by atoms with E-state index < -0.39 is 0 Å². The number of aromatic nitrogens is 2. The standard InChI is InChI=1S/C7H11N3OS/c1-11-6-3-5(4-8)9-7(10-6)12-2/h3H,4,8H2,1-2H3. The van der Waals surface area contributed by atoms with Crippen LogP contribution >= 0.6 is 11.8 Å². The third kappa shape index (κ3) is 2.09. The first-order valence-electron chi connectivity index (χ1n) is 3.46. The molecule has 0 spiro atoms. The molecule has 2 N–H and O–H groups in total. The molecule has 0 fully saturated rings. The largest absolute Gasteiger partial charge is 0.481 e. The fourth-order valence-electron chi connectivity index (χ4n) is 0.750. The first-order valence-corrected chi connectivity index (χ1v) is 4.68. The summed E-state index contributed by atoms with van der Waals surface area (Å²) >= 11 is 1.47. The van der Waals surface area contributed by atoms with Crippen LogP contribution in [0.3, 0.4) is 0 Å². The molecular weight excluding hydrogens is 174 g/mol. The summed E-state index contributed by atoms with van der Waals surface area (Å²) in [4.78, 5) is 8.26. The molecule has 0 aliphatic carbocycles. The fourth-order valence-corrected chi connectivity index (χ4v) is 1.14. The summed E-state index contributed by atoms with van der Waals surface area (Å²) < 4.78 is 4.98. The SMILES string of the molecule is COc1cc(CN)nc(SC)n1. The maximum Gasteiger partial charge on any atom is 0.217 e. The summed E-state index contributed by atoms with van der Waals surface area (Å²) in [6.45, 7) is 0.409. The van der Waals surface area contributed by atoms with Crippen molar-refractivity contribution in [1.82, 2.24) is 9.97 Å². The summed E-state index contributed by atoms with van der Waals surface area (Å²) in [5.74, 6) is 0.565. The van der Waals surface area contributed by atoms with Crippen molar-refractivity contribution in [2.75, 3.05) is 13.4 Å². The molecule has 66 valence electrons. The molecular formula is C7H11N3OS. The molecule has 12 heavy (non-hydrogen) atoms. The Bertz CT molecular complexity index is 212. The van der Waals surface area contributed by atoms with E-state index in [1.54, 1.807) is 13.2 Å². The molecule has 5 heteroatoms. The summed E-state index contributed by atoms with van der Waals surface area (Å²) in [6.07, 6.45) is 1.91. The van der Waals surface area contributed by atoms with Crippen LogP contribution in [0.4, 0.5) is 0 Å². The van der Waals surface area contributed by atoms with Crippen LogP contribution < -0.4 is 10.5 Å². The van der Waals surface area contributed by atoms with Gasteiger partial charge in [-0.25, -0.2) is 4.98 Å². The van der Waals surface area contributed by atoms with Gasteiger partial charge in [-0.15, -0.1) is 0 Å². The Morgan fingerprint density at radius 1 is 1.58 bits per heavy atom. The Hall–Kier alpha value is -0.810. The molecule has 0 saturated heterocycles. The molecule has 0 aliphatic rings. The normalized spacial score (nSPS) is 9.92. The van der Waals surface area contributed by atoms with E-state index in [-0.39, 0.29) is 0 Å². The molecule has 1 aromatic heterocycles. The van der Waals surface area contributed by atoms with Gasteiger partial charge in [0.1, 0.15) is 0 Å². The van der Waals surface area contributed by atoms with Crippen molar-refractivity contribution in [3.63, 3.8) is 0 Å². The van der Waals surface area contributed by atoms with Crippen LogP contribution in [0.5, 0.6) is 5.88 Å². The van der Waals surface area contributed by atoms with Gasteiger partial charge in [0.25, 0.3) is 0 Å². The van der Waals surface area contributed by atoms with Crippen LogP contribution in [0.2, 0.25) is 0 Å². The van der Waals surface area contributed by atoms with Crippen molar-refractivity contribution < 1.29 is 4.74 Å². The van der Waals surface area contributed by atoms with Crippen LogP contribution in [0.25, 0.3) is 0 Å². The van der Waals surface area contributed by atoms with E-state index in [0.29, 0.717) is 17.6 Å². The Morgan fingerprint density at radius 3 is 2.83 bits per heavy atom. The van der Waals surface area contributed by atoms with E-state index in [1.807, 2.05) is 6.26 Å². The highest BCUT2D eigenvalue weighted by Crippen LogP contribution is 2.14. The predicted octanol–water partition coefficient (Wildman–Crippen LogP) is 0.666. The van der Waals surface area contributed by atoms with Crippen LogP contribution in [0.1, 0.15) is 5.69 Å². The summed E-state index contributed by atoms with van der Waals surface area (Å²) in [6, 6.07) is 1.74. The molecule has 1 rings (SSSR count). The Labute approximate surface area is 75.5 Å². The van der Waals surface area contributed by atoms with E-state index in [4.69, 9.17) is 10.5 Å². The molecule has 0 amide bonds. The Balaban J connectivity index is 3.01. The van der Waals surface area contributed by atoms with Gasteiger partial charge in [-0.3, -0.25) is 0 Å². The highest BCUT2D eigenvalue weighted by Gasteiger charge is 2.01. The smallest absolute Gasteiger partial charge is 0.217 e. The van der Waals surface area contributed by atoms with E-state index in [1.165, 1.54) is 11.8 Å². The minimum atomic E-state index is 0.409. The molecule has 1 aromatic rings. The zero-order valence-electron chi connectivity index (χ0n) is 7.07. The molecule has 1 heterocycles. The number of nitrogens with two attached hydrogens (primary N) is 1. The van der Waals surface area contributed by atoms with Gasteiger partial charge in [0.15, 0.2) is 5.16 Å². The lowest BCUT2D eigenvalue weighted by molar-refractivity contribution is 0.391. The highest BCUT2D eigenvalue weighted by atomic mass is 32.2. The van der Waals surface area contributed by atoms with Crippen LogP contribution in [-0.4, -0.2) is 23.3 Å². The first kappa shape index (κ1) is 9.28. The molecule has 0 bridgehead atoms. The first-order chi connectivity index (χ1) is 5.80. The molecule has 0 saturated carbocycles. The van der Waals surface area contributed by atoms with Crippen LogP contribution in [-0.2, 0) is 6.54 Å². The van der Waals surface area contributed by atoms with Crippen molar-refractivity contribution in [2.45, 2.75) is 11.7 Å². The van der Waals surface area contributed by atoms with Gasteiger partial charge in [-0.05, 0) is 6.26 Å². The average Bonchev–Trinajstić information content (AvgIpc) is 2.16. The summed E-state index contributed by atoms with van der Waals surface area (Å²) in [5.41, 5.74) is 6.24. The van der Waals surface area contributed by atoms with Crippen molar-refractivity contribution in [1.29, 1.82) is 0 Å². The number of hydrogen-bond donors (Lipinski definition) is 1. The number of rotatable bonds is 3. The zero-order chi connectivity index (χ0) is 8.97. The minimum Gasteiger partial charge on any atom is -0.481 e. The van der Waals surface area contributed by atoms with E-state index in [9.17, 15) is 0 Å². The zero-order valence-corrected chi connectivity index (χ0v) is 7.89. The summed E-state index contributed by atoms with van der Waals surface area (Å²) in [5, 5.41) is 0.690. The van der Waals surface area contributed by atoms with E-state index >= 15 is 0 Å². The molecule has 0 aromatic carbocycles. The molecule has 0 unspecified atom stereocenters. The summed E-state index contributed by atoms with van der Waals surface area (Å²) in [7, 11) is 1.58. The van der Waals surface area contributed by atoms with Gasteiger partial charge in [-0.2, -0.15) is 4.98 Å². The topological polar surface area (TPSA) is 61.0 Å². The number of thioether (sulfide) groups is 1.